The van der Waals surface area contributed by atoms with E-state index in [0.29, 0.717) is 26.0 Å². The van der Waals surface area contributed by atoms with Crippen molar-refractivity contribution in [3.05, 3.63) is 71.8 Å². The number of carbonyl (C=O) groups is 2. The van der Waals surface area contributed by atoms with Crippen LogP contribution in [0.25, 0.3) is 0 Å². The van der Waals surface area contributed by atoms with Gasteiger partial charge in [0.25, 0.3) is 0 Å². The van der Waals surface area contributed by atoms with Gasteiger partial charge in [-0.25, -0.2) is 4.79 Å². The minimum atomic E-state index is -0.862. The quantitative estimate of drug-likeness (QED) is 0.605. The highest BCUT2D eigenvalue weighted by molar-refractivity contribution is 5.74. The van der Waals surface area contributed by atoms with Gasteiger partial charge in [0.15, 0.2) is 0 Å². The fourth-order valence-corrected chi connectivity index (χ4v) is 3.74. The Hall–Kier alpha value is -2.86. The molecule has 3 N–H and O–H groups in total. The van der Waals surface area contributed by atoms with Crippen molar-refractivity contribution < 1.29 is 19.4 Å². The third kappa shape index (κ3) is 6.61. The lowest BCUT2D eigenvalue weighted by molar-refractivity contribution is -0.137. The topological polar surface area (TPSA) is 87.7 Å². The molecule has 2 aromatic carbocycles. The lowest BCUT2D eigenvalue weighted by atomic mass is 9.95. The lowest BCUT2D eigenvalue weighted by Crippen LogP contribution is -2.45. The van der Waals surface area contributed by atoms with Gasteiger partial charge in [-0.05, 0) is 30.4 Å². The zero-order chi connectivity index (χ0) is 20.5. The Labute approximate surface area is 171 Å². The highest BCUT2D eigenvalue weighted by Crippen LogP contribution is 2.33. The Balaban J connectivity index is 1.53. The highest BCUT2D eigenvalue weighted by atomic mass is 16.5. The first-order valence-electron chi connectivity index (χ1n) is 10.1. The number of hydrogen-bond acceptors (Lipinski definition) is 3. The maximum absolute atomic E-state index is 12.5. The van der Waals surface area contributed by atoms with Gasteiger partial charge in [-0.2, -0.15) is 0 Å². The minimum Gasteiger partial charge on any atom is -0.481 e. The first-order chi connectivity index (χ1) is 14.1. The van der Waals surface area contributed by atoms with Crippen molar-refractivity contribution in [3.63, 3.8) is 0 Å². The minimum absolute atomic E-state index is 0.0105. The summed E-state index contributed by atoms with van der Waals surface area (Å²) in [5, 5.41) is 14.9. The van der Waals surface area contributed by atoms with Crippen LogP contribution in [0.5, 0.6) is 0 Å². The van der Waals surface area contributed by atoms with Crippen LogP contribution in [0.2, 0.25) is 0 Å². The van der Waals surface area contributed by atoms with Gasteiger partial charge in [-0.3, -0.25) is 4.79 Å². The fraction of sp³-hybridized carbons (Fsp3) is 0.391. The van der Waals surface area contributed by atoms with E-state index in [2.05, 4.69) is 10.6 Å². The molecule has 1 aliphatic heterocycles. The van der Waals surface area contributed by atoms with Gasteiger partial charge in [0.2, 0.25) is 0 Å². The molecule has 2 aromatic rings. The molecule has 1 saturated heterocycles. The van der Waals surface area contributed by atoms with Crippen LogP contribution in [0, 0.1) is 5.92 Å². The Morgan fingerprint density at radius 1 is 1.07 bits per heavy atom. The highest BCUT2D eigenvalue weighted by Gasteiger charge is 2.29. The van der Waals surface area contributed by atoms with E-state index in [1.165, 1.54) is 0 Å². The van der Waals surface area contributed by atoms with E-state index in [4.69, 9.17) is 9.84 Å². The normalized spacial score (nSPS) is 19.4. The number of carboxylic acid groups (broad SMARTS) is 1. The largest absolute Gasteiger partial charge is 0.481 e. The summed E-state index contributed by atoms with van der Waals surface area (Å²) in [5.74, 6) is -0.645. The van der Waals surface area contributed by atoms with Crippen LogP contribution in [0.15, 0.2) is 60.7 Å². The number of rotatable bonds is 9. The first kappa shape index (κ1) is 20.9. The average molecular weight is 396 g/mol. The van der Waals surface area contributed by atoms with E-state index >= 15 is 0 Å². The molecule has 1 heterocycles. The smallest absolute Gasteiger partial charge is 0.315 e. The van der Waals surface area contributed by atoms with E-state index in [1.807, 2.05) is 60.7 Å². The zero-order valence-corrected chi connectivity index (χ0v) is 16.4. The molecule has 0 spiro atoms. The lowest BCUT2D eigenvalue weighted by Gasteiger charge is -2.22. The summed E-state index contributed by atoms with van der Waals surface area (Å²) in [5.41, 5.74) is 2.19. The van der Waals surface area contributed by atoms with E-state index in [9.17, 15) is 9.59 Å². The van der Waals surface area contributed by atoms with Crippen LogP contribution >= 0.6 is 0 Å². The Bertz CT molecular complexity index is 782. The third-order valence-electron chi connectivity index (χ3n) is 5.23. The maximum atomic E-state index is 12.5. The average Bonchev–Trinajstić information content (AvgIpc) is 3.20. The van der Waals surface area contributed by atoms with Gasteiger partial charge >= 0.3 is 12.0 Å². The van der Waals surface area contributed by atoms with Crippen molar-refractivity contribution >= 4 is 12.0 Å². The van der Waals surface area contributed by atoms with E-state index < -0.39 is 5.97 Å². The van der Waals surface area contributed by atoms with Crippen molar-refractivity contribution in [2.24, 2.45) is 5.92 Å². The summed E-state index contributed by atoms with van der Waals surface area (Å²) >= 11 is 0. The molecule has 6 nitrogen and oxygen atoms in total. The molecule has 0 radical (unpaired) electrons. The van der Waals surface area contributed by atoms with E-state index in [1.54, 1.807) is 0 Å². The SMILES string of the molecule is O=C(O)CCC(Cc1ccccc1)NC(=O)NC[C@H]1CCO[C@@H]1c1ccccc1. The van der Waals surface area contributed by atoms with Gasteiger partial charge in [-0.15, -0.1) is 0 Å². The predicted octanol–water partition coefficient (Wildman–Crippen LogP) is 3.54. The summed E-state index contributed by atoms with van der Waals surface area (Å²) in [6.07, 6.45) is 1.89. The maximum Gasteiger partial charge on any atom is 0.315 e. The Kier molecular flexibility index (Phi) is 7.64. The number of carboxylic acids is 1. The van der Waals surface area contributed by atoms with Gasteiger partial charge in [0, 0.05) is 31.5 Å². The number of ether oxygens (including phenoxy) is 1. The molecule has 0 saturated carbocycles. The molecule has 3 rings (SSSR count). The summed E-state index contributed by atoms with van der Waals surface area (Å²) in [6.45, 7) is 1.20. The number of nitrogens with one attached hydrogen (secondary N) is 2. The molecule has 2 amide bonds. The molecule has 29 heavy (non-hydrogen) atoms. The van der Waals surface area contributed by atoms with Crippen LogP contribution in [0.1, 0.15) is 36.5 Å². The van der Waals surface area contributed by atoms with Crippen LogP contribution in [0.4, 0.5) is 4.79 Å². The number of benzene rings is 2. The standard InChI is InChI=1S/C23H28N2O4/c26-21(27)12-11-20(15-17-7-3-1-4-8-17)25-23(28)24-16-19-13-14-29-22(19)18-9-5-2-6-10-18/h1-10,19-20,22H,11-16H2,(H,26,27)(H2,24,25,28)/t19-,20?,22-/m1/s1. The molecule has 1 aliphatic rings. The van der Waals surface area contributed by atoms with Crippen LogP contribution < -0.4 is 10.6 Å². The monoisotopic (exact) mass is 396 g/mol. The fourth-order valence-electron chi connectivity index (χ4n) is 3.74. The van der Waals surface area contributed by atoms with Crippen LogP contribution in [-0.4, -0.2) is 36.3 Å². The second kappa shape index (κ2) is 10.6. The van der Waals surface area contributed by atoms with E-state index in [0.717, 1.165) is 17.5 Å². The molecule has 1 fully saturated rings. The molecular weight excluding hydrogens is 368 g/mol. The molecule has 0 aliphatic carbocycles. The summed E-state index contributed by atoms with van der Waals surface area (Å²) in [4.78, 5) is 23.4. The number of carbonyl (C=O) groups excluding carboxylic acids is 1. The number of urea groups is 1. The second-order valence-corrected chi connectivity index (χ2v) is 7.42. The third-order valence-corrected chi connectivity index (χ3v) is 5.23. The molecule has 6 heteroatoms. The van der Waals surface area contributed by atoms with Crippen molar-refractivity contribution in [3.8, 4) is 0 Å². The van der Waals surface area contributed by atoms with E-state index in [-0.39, 0.29) is 30.5 Å². The van der Waals surface area contributed by atoms with Gasteiger partial charge in [-0.1, -0.05) is 60.7 Å². The van der Waals surface area contributed by atoms with Crippen molar-refractivity contribution in [1.29, 1.82) is 0 Å². The van der Waals surface area contributed by atoms with Crippen molar-refractivity contribution in [1.82, 2.24) is 10.6 Å². The summed E-state index contributed by atoms with van der Waals surface area (Å²) < 4.78 is 5.87. The van der Waals surface area contributed by atoms with Crippen molar-refractivity contribution in [2.45, 2.75) is 37.8 Å². The van der Waals surface area contributed by atoms with Crippen LogP contribution in [0.3, 0.4) is 0 Å². The molecule has 0 bridgehead atoms. The van der Waals surface area contributed by atoms with Gasteiger partial charge in [0.1, 0.15) is 0 Å². The molecule has 0 aromatic heterocycles. The van der Waals surface area contributed by atoms with Gasteiger partial charge < -0.3 is 20.5 Å². The molecular formula is C23H28N2O4. The number of hydrogen-bond donors (Lipinski definition) is 3. The number of aliphatic carboxylic acids is 1. The molecule has 1 unspecified atom stereocenters. The number of amides is 2. The van der Waals surface area contributed by atoms with Gasteiger partial charge in [0.05, 0.1) is 6.10 Å². The molecule has 154 valence electrons. The Morgan fingerprint density at radius 3 is 2.45 bits per heavy atom. The molecule has 3 atom stereocenters. The van der Waals surface area contributed by atoms with Crippen LogP contribution in [-0.2, 0) is 16.0 Å². The summed E-state index contributed by atoms with van der Waals surface area (Å²) in [7, 11) is 0. The summed E-state index contributed by atoms with van der Waals surface area (Å²) in [6, 6.07) is 19.3. The Morgan fingerprint density at radius 2 is 1.76 bits per heavy atom. The first-order valence-corrected chi connectivity index (χ1v) is 10.1. The predicted molar refractivity (Wildman–Crippen MR) is 111 cm³/mol. The van der Waals surface area contributed by atoms with Crippen molar-refractivity contribution in [2.75, 3.05) is 13.2 Å². The zero-order valence-electron chi connectivity index (χ0n) is 16.4. The second-order valence-electron chi connectivity index (χ2n) is 7.42.